The zero-order valence-electron chi connectivity index (χ0n) is 9.83. The van der Waals surface area contributed by atoms with Crippen LogP contribution < -0.4 is 16.4 Å². The zero-order chi connectivity index (χ0) is 13.6. The molecule has 5 N–H and O–H groups in total. The van der Waals surface area contributed by atoms with Gasteiger partial charge in [-0.05, 0) is 0 Å². The molecule has 1 unspecified atom stereocenters. The maximum atomic E-state index is 11.9. The Morgan fingerprint density at radius 2 is 2.26 bits per heavy atom. The predicted molar refractivity (Wildman–Crippen MR) is 65.8 cm³/mol. The Morgan fingerprint density at radius 1 is 1.47 bits per heavy atom. The highest BCUT2D eigenvalue weighted by molar-refractivity contribution is 6.03. The Bertz CT molecular complexity index is 680. The molecular weight excluding hydrogens is 250 g/mol. The van der Waals surface area contributed by atoms with E-state index in [1.165, 1.54) is 11.2 Å². The standard InChI is InChI=1S/C10H11N7O2/c11-7(19)4-1-5(18)17(2-4)9-6-8(14-3-13-6)15-10(12)16-9/h3-4H,1-2H2,(H2,11,19)(H3,12,13,14,15,16). The van der Waals surface area contributed by atoms with E-state index in [1.54, 1.807) is 0 Å². The molecule has 9 nitrogen and oxygen atoms in total. The van der Waals surface area contributed by atoms with Gasteiger partial charge < -0.3 is 16.5 Å². The topological polar surface area (TPSA) is 144 Å². The van der Waals surface area contributed by atoms with Crippen LogP contribution in [-0.4, -0.2) is 38.3 Å². The Hall–Kier alpha value is -2.71. The Labute approximate surface area is 107 Å². The second kappa shape index (κ2) is 3.90. The van der Waals surface area contributed by atoms with Crippen LogP contribution in [0.1, 0.15) is 6.42 Å². The number of nitrogen functional groups attached to an aromatic ring is 1. The van der Waals surface area contributed by atoms with E-state index < -0.39 is 11.8 Å². The summed E-state index contributed by atoms with van der Waals surface area (Å²) in [5.41, 5.74) is 11.7. The van der Waals surface area contributed by atoms with Crippen LogP contribution >= 0.6 is 0 Å². The minimum Gasteiger partial charge on any atom is -0.369 e. The van der Waals surface area contributed by atoms with Gasteiger partial charge in [-0.25, -0.2) is 4.98 Å². The molecule has 3 rings (SSSR count). The SMILES string of the molecule is NC(=O)C1CC(=O)N(c2nc(N)nc3nc[nH]c23)C1. The van der Waals surface area contributed by atoms with Crippen molar-refractivity contribution in [1.82, 2.24) is 19.9 Å². The first kappa shape index (κ1) is 11.4. The summed E-state index contributed by atoms with van der Waals surface area (Å²) in [5, 5.41) is 0. The van der Waals surface area contributed by atoms with Gasteiger partial charge in [0.15, 0.2) is 11.5 Å². The molecule has 1 atom stereocenters. The third kappa shape index (κ3) is 1.75. The first-order valence-corrected chi connectivity index (χ1v) is 5.62. The number of nitrogens with one attached hydrogen (secondary N) is 1. The molecule has 1 aliphatic heterocycles. The molecular formula is C10H11N7O2. The second-order valence-corrected chi connectivity index (χ2v) is 4.31. The van der Waals surface area contributed by atoms with Gasteiger partial charge in [0.25, 0.3) is 0 Å². The van der Waals surface area contributed by atoms with Gasteiger partial charge in [0.1, 0.15) is 5.52 Å². The highest BCUT2D eigenvalue weighted by Crippen LogP contribution is 2.28. The monoisotopic (exact) mass is 261 g/mol. The fraction of sp³-hybridized carbons (Fsp3) is 0.300. The summed E-state index contributed by atoms with van der Waals surface area (Å²) in [5.74, 6) is -0.892. The molecule has 0 aliphatic carbocycles. The molecule has 2 amide bonds. The predicted octanol–water partition coefficient (Wildman–Crippen LogP) is -1.23. The molecule has 0 bridgehead atoms. The number of nitrogens with two attached hydrogens (primary N) is 2. The minimum atomic E-state index is -0.512. The fourth-order valence-electron chi connectivity index (χ4n) is 2.13. The average molecular weight is 261 g/mol. The summed E-state index contributed by atoms with van der Waals surface area (Å²) in [4.78, 5) is 39.3. The van der Waals surface area contributed by atoms with Gasteiger partial charge in [-0.15, -0.1) is 0 Å². The number of primary amides is 1. The van der Waals surface area contributed by atoms with Crippen molar-refractivity contribution in [2.24, 2.45) is 11.7 Å². The molecule has 19 heavy (non-hydrogen) atoms. The largest absolute Gasteiger partial charge is 0.369 e. The lowest BCUT2D eigenvalue weighted by atomic mass is 10.1. The first-order valence-electron chi connectivity index (χ1n) is 5.62. The number of amides is 2. The van der Waals surface area contributed by atoms with Gasteiger partial charge >= 0.3 is 0 Å². The number of aromatic nitrogens is 4. The first-order chi connectivity index (χ1) is 9.06. The molecule has 3 heterocycles. The van der Waals surface area contributed by atoms with Gasteiger partial charge in [-0.2, -0.15) is 9.97 Å². The van der Waals surface area contributed by atoms with Gasteiger partial charge in [0.05, 0.1) is 12.2 Å². The van der Waals surface area contributed by atoms with E-state index in [9.17, 15) is 9.59 Å². The lowest BCUT2D eigenvalue weighted by Crippen LogP contribution is -2.29. The number of hydrogen-bond donors (Lipinski definition) is 3. The zero-order valence-corrected chi connectivity index (χ0v) is 9.83. The van der Waals surface area contributed by atoms with Gasteiger partial charge in [0, 0.05) is 13.0 Å². The number of carbonyl (C=O) groups is 2. The van der Waals surface area contributed by atoms with E-state index in [-0.39, 0.29) is 24.8 Å². The van der Waals surface area contributed by atoms with E-state index in [2.05, 4.69) is 19.9 Å². The third-order valence-corrected chi connectivity index (χ3v) is 3.07. The Morgan fingerprint density at radius 3 is 2.95 bits per heavy atom. The van der Waals surface area contributed by atoms with Crippen molar-refractivity contribution in [2.75, 3.05) is 17.2 Å². The lowest BCUT2D eigenvalue weighted by Gasteiger charge is -2.15. The van der Waals surface area contributed by atoms with E-state index in [0.29, 0.717) is 17.0 Å². The number of imidazole rings is 1. The van der Waals surface area contributed by atoms with Crippen molar-refractivity contribution >= 4 is 34.7 Å². The Kier molecular flexibility index (Phi) is 2.34. The number of nitrogens with zero attached hydrogens (tertiary/aromatic N) is 4. The van der Waals surface area contributed by atoms with Crippen molar-refractivity contribution in [3.05, 3.63) is 6.33 Å². The van der Waals surface area contributed by atoms with Crippen molar-refractivity contribution in [3.63, 3.8) is 0 Å². The summed E-state index contributed by atoms with van der Waals surface area (Å²) in [6.07, 6.45) is 1.52. The highest BCUT2D eigenvalue weighted by atomic mass is 16.2. The van der Waals surface area contributed by atoms with Gasteiger partial charge in [0.2, 0.25) is 17.8 Å². The number of rotatable bonds is 2. The number of hydrogen-bond acceptors (Lipinski definition) is 6. The summed E-state index contributed by atoms with van der Waals surface area (Å²) in [6.45, 7) is 0.193. The van der Waals surface area contributed by atoms with Crippen LogP contribution in [0.15, 0.2) is 6.33 Å². The molecule has 1 aliphatic rings. The van der Waals surface area contributed by atoms with Crippen molar-refractivity contribution in [2.45, 2.75) is 6.42 Å². The number of H-pyrrole nitrogens is 1. The van der Waals surface area contributed by atoms with Crippen LogP contribution in [-0.2, 0) is 9.59 Å². The molecule has 9 heteroatoms. The van der Waals surface area contributed by atoms with Crippen molar-refractivity contribution in [1.29, 1.82) is 0 Å². The Balaban J connectivity index is 2.07. The number of fused-ring (bicyclic) bond motifs is 1. The van der Waals surface area contributed by atoms with Crippen LogP contribution in [0.25, 0.3) is 11.2 Å². The van der Waals surface area contributed by atoms with E-state index in [0.717, 1.165) is 0 Å². The lowest BCUT2D eigenvalue weighted by molar-refractivity contribution is -0.123. The van der Waals surface area contributed by atoms with Gasteiger partial charge in [-0.1, -0.05) is 0 Å². The molecule has 1 fully saturated rings. The van der Waals surface area contributed by atoms with E-state index >= 15 is 0 Å². The smallest absolute Gasteiger partial charge is 0.229 e. The third-order valence-electron chi connectivity index (χ3n) is 3.07. The summed E-state index contributed by atoms with van der Waals surface area (Å²) < 4.78 is 0. The summed E-state index contributed by atoms with van der Waals surface area (Å²) in [7, 11) is 0. The van der Waals surface area contributed by atoms with E-state index in [4.69, 9.17) is 11.5 Å². The summed E-state index contributed by atoms with van der Waals surface area (Å²) in [6, 6.07) is 0. The second-order valence-electron chi connectivity index (χ2n) is 4.31. The molecule has 0 aromatic carbocycles. The average Bonchev–Trinajstić information content (AvgIpc) is 2.94. The number of carbonyl (C=O) groups excluding carboxylic acids is 2. The van der Waals surface area contributed by atoms with Crippen LogP contribution in [0.2, 0.25) is 0 Å². The molecule has 2 aromatic rings. The maximum absolute atomic E-state index is 11.9. The molecule has 0 spiro atoms. The van der Waals surface area contributed by atoms with Crippen molar-refractivity contribution in [3.8, 4) is 0 Å². The minimum absolute atomic E-state index is 0.0184. The summed E-state index contributed by atoms with van der Waals surface area (Å²) >= 11 is 0. The fourth-order valence-corrected chi connectivity index (χ4v) is 2.13. The normalized spacial score (nSPS) is 19.3. The number of anilines is 2. The molecule has 98 valence electrons. The maximum Gasteiger partial charge on any atom is 0.229 e. The molecule has 2 aromatic heterocycles. The molecule has 0 radical (unpaired) electrons. The molecule has 0 saturated carbocycles. The quantitative estimate of drug-likeness (QED) is 0.617. The highest BCUT2D eigenvalue weighted by Gasteiger charge is 2.36. The number of aromatic amines is 1. The van der Waals surface area contributed by atoms with Crippen LogP contribution in [0.4, 0.5) is 11.8 Å². The van der Waals surface area contributed by atoms with Crippen molar-refractivity contribution < 1.29 is 9.59 Å². The van der Waals surface area contributed by atoms with Crippen LogP contribution in [0, 0.1) is 5.92 Å². The van der Waals surface area contributed by atoms with E-state index in [1.807, 2.05) is 0 Å². The van der Waals surface area contributed by atoms with Crippen LogP contribution in [0.5, 0.6) is 0 Å². The van der Waals surface area contributed by atoms with Crippen LogP contribution in [0.3, 0.4) is 0 Å². The van der Waals surface area contributed by atoms with Gasteiger partial charge in [-0.3, -0.25) is 14.5 Å². The molecule has 1 saturated heterocycles.